The molecule has 0 spiro atoms. The molecule has 0 unspecified atom stereocenters. The number of aromatic nitrogens is 3. The van der Waals surface area contributed by atoms with Crippen LogP contribution in [0, 0.1) is 6.92 Å². The van der Waals surface area contributed by atoms with Crippen molar-refractivity contribution in [2.75, 3.05) is 13.2 Å². The summed E-state index contributed by atoms with van der Waals surface area (Å²) in [6.45, 7) is 2.31. The van der Waals surface area contributed by atoms with Gasteiger partial charge in [-0.1, -0.05) is 54.1 Å². The molecule has 0 radical (unpaired) electrons. The van der Waals surface area contributed by atoms with E-state index >= 15 is 0 Å². The lowest BCUT2D eigenvalue weighted by Crippen LogP contribution is -2.28. The Hall–Kier alpha value is -3.78. The quantitative estimate of drug-likeness (QED) is 0.299. The number of rotatable bonds is 9. The van der Waals surface area contributed by atoms with Gasteiger partial charge in [0.25, 0.3) is 5.82 Å². The van der Waals surface area contributed by atoms with Crippen molar-refractivity contribution in [1.29, 1.82) is 0 Å². The van der Waals surface area contributed by atoms with Gasteiger partial charge in [-0.05, 0) is 42.5 Å². The molecule has 4 aromatic rings. The summed E-state index contributed by atoms with van der Waals surface area (Å²) in [6.07, 6.45) is 1.04. The first-order valence-corrected chi connectivity index (χ1v) is 11.5. The van der Waals surface area contributed by atoms with Crippen LogP contribution in [-0.2, 0) is 16.0 Å². The van der Waals surface area contributed by atoms with Crippen LogP contribution in [0.4, 0.5) is 0 Å². The average molecular weight is 461 g/mol. The first kappa shape index (κ1) is 22.4. The van der Waals surface area contributed by atoms with Crippen molar-refractivity contribution >= 4 is 23.2 Å². The average Bonchev–Trinajstić information content (AvgIpc) is 3.52. The lowest BCUT2D eigenvalue weighted by atomic mass is 10.1. The van der Waals surface area contributed by atoms with Crippen LogP contribution >= 0.6 is 11.3 Å². The molecule has 0 saturated carbocycles. The van der Waals surface area contributed by atoms with Crippen LogP contribution in [0.1, 0.15) is 28.2 Å². The van der Waals surface area contributed by atoms with Crippen LogP contribution in [0.25, 0.3) is 16.4 Å². The van der Waals surface area contributed by atoms with E-state index in [1.165, 1.54) is 16.9 Å². The zero-order valence-electron chi connectivity index (χ0n) is 18.2. The highest BCUT2D eigenvalue weighted by Crippen LogP contribution is 2.25. The van der Waals surface area contributed by atoms with E-state index in [9.17, 15) is 9.59 Å². The van der Waals surface area contributed by atoms with Gasteiger partial charge in [-0.25, -0.2) is 9.48 Å². The summed E-state index contributed by atoms with van der Waals surface area (Å²) in [7, 11) is 0. The lowest BCUT2D eigenvalue weighted by molar-refractivity contribution is -0.121. The maximum atomic E-state index is 12.5. The number of hydrogen-bond acceptors (Lipinski definition) is 6. The van der Waals surface area contributed by atoms with E-state index in [4.69, 9.17) is 4.74 Å². The van der Waals surface area contributed by atoms with Crippen molar-refractivity contribution in [2.24, 2.45) is 0 Å². The number of thiophene rings is 1. The summed E-state index contributed by atoms with van der Waals surface area (Å²) in [5, 5.41) is 9.09. The molecule has 0 fully saturated rings. The first-order valence-electron chi connectivity index (χ1n) is 10.7. The van der Waals surface area contributed by atoms with Gasteiger partial charge in [-0.3, -0.25) is 4.79 Å². The zero-order chi connectivity index (χ0) is 23.0. The fourth-order valence-electron chi connectivity index (χ4n) is 3.21. The molecule has 2 heterocycles. The molecule has 0 aliphatic rings. The van der Waals surface area contributed by atoms with Gasteiger partial charge in [-0.15, -0.1) is 16.4 Å². The SMILES string of the molecule is Cc1ccc(CCC(=O)NCCOC(=O)c2nc(-c3cccs3)n(-c3ccccc3)n2)cc1. The van der Waals surface area contributed by atoms with Crippen molar-refractivity contribution in [2.45, 2.75) is 19.8 Å². The van der Waals surface area contributed by atoms with E-state index in [0.29, 0.717) is 18.7 Å². The summed E-state index contributed by atoms with van der Waals surface area (Å²) in [5.41, 5.74) is 3.10. The molecule has 33 heavy (non-hydrogen) atoms. The Labute approximate surface area is 196 Å². The third-order valence-corrected chi connectivity index (χ3v) is 5.82. The molecule has 2 aromatic carbocycles. The van der Waals surface area contributed by atoms with E-state index in [1.54, 1.807) is 4.68 Å². The molecular formula is C25H24N4O3S. The van der Waals surface area contributed by atoms with Gasteiger partial charge in [0, 0.05) is 6.42 Å². The smallest absolute Gasteiger partial charge is 0.378 e. The number of para-hydroxylation sites is 1. The van der Waals surface area contributed by atoms with Gasteiger partial charge < -0.3 is 10.1 Å². The summed E-state index contributed by atoms with van der Waals surface area (Å²) in [5.74, 6) is -0.157. The van der Waals surface area contributed by atoms with E-state index in [1.807, 2.05) is 79.0 Å². The zero-order valence-corrected chi connectivity index (χ0v) is 19.0. The molecule has 1 N–H and O–H groups in total. The largest absolute Gasteiger partial charge is 0.458 e. The van der Waals surface area contributed by atoms with E-state index in [0.717, 1.165) is 16.1 Å². The second-order valence-corrected chi connectivity index (χ2v) is 8.40. The van der Waals surface area contributed by atoms with Crippen LogP contribution in [0.15, 0.2) is 72.1 Å². The molecule has 8 heteroatoms. The van der Waals surface area contributed by atoms with Gasteiger partial charge in [0.2, 0.25) is 5.91 Å². The fourth-order valence-corrected chi connectivity index (χ4v) is 3.91. The van der Waals surface area contributed by atoms with Crippen molar-refractivity contribution < 1.29 is 14.3 Å². The minimum absolute atomic E-state index is 0.0204. The normalized spacial score (nSPS) is 10.7. The first-order chi connectivity index (χ1) is 16.1. The van der Waals surface area contributed by atoms with E-state index in [-0.39, 0.29) is 24.9 Å². The molecule has 2 aromatic heterocycles. The Morgan fingerprint density at radius 2 is 1.82 bits per heavy atom. The molecule has 0 saturated heterocycles. The number of carbonyl (C=O) groups is 2. The number of esters is 1. The van der Waals surface area contributed by atoms with Gasteiger partial charge in [0.1, 0.15) is 6.61 Å². The minimum atomic E-state index is -0.628. The molecule has 0 bridgehead atoms. The Balaban J connectivity index is 1.30. The molecule has 168 valence electrons. The second-order valence-electron chi connectivity index (χ2n) is 7.46. The molecule has 4 rings (SSSR count). The Morgan fingerprint density at radius 3 is 2.55 bits per heavy atom. The molecular weight excluding hydrogens is 436 g/mol. The summed E-state index contributed by atoms with van der Waals surface area (Å²) in [6, 6.07) is 21.5. The number of benzene rings is 2. The molecule has 1 amide bonds. The van der Waals surface area contributed by atoms with Crippen molar-refractivity contribution in [3.63, 3.8) is 0 Å². The van der Waals surface area contributed by atoms with Crippen LogP contribution in [0.3, 0.4) is 0 Å². The van der Waals surface area contributed by atoms with Crippen LogP contribution in [0.2, 0.25) is 0 Å². The molecule has 0 aliphatic carbocycles. The third kappa shape index (κ3) is 5.93. The monoisotopic (exact) mass is 460 g/mol. The lowest BCUT2D eigenvalue weighted by Gasteiger charge is -2.06. The van der Waals surface area contributed by atoms with Crippen LogP contribution in [0.5, 0.6) is 0 Å². The van der Waals surface area contributed by atoms with E-state index < -0.39 is 5.97 Å². The van der Waals surface area contributed by atoms with Gasteiger partial charge in [0.15, 0.2) is 5.82 Å². The number of amides is 1. The topological polar surface area (TPSA) is 86.1 Å². The number of nitrogens with zero attached hydrogens (tertiary/aromatic N) is 3. The van der Waals surface area contributed by atoms with Gasteiger partial charge >= 0.3 is 5.97 Å². The molecule has 0 atom stereocenters. The molecule has 0 aliphatic heterocycles. The Kier molecular flexibility index (Phi) is 7.26. The number of carbonyl (C=O) groups excluding carboxylic acids is 2. The summed E-state index contributed by atoms with van der Waals surface area (Å²) in [4.78, 5) is 29.9. The predicted octanol–water partition coefficient (Wildman–Crippen LogP) is 4.21. The van der Waals surface area contributed by atoms with Gasteiger partial charge in [0.05, 0.1) is 17.1 Å². The predicted molar refractivity (Wildman–Crippen MR) is 127 cm³/mol. The maximum absolute atomic E-state index is 12.5. The van der Waals surface area contributed by atoms with Crippen molar-refractivity contribution in [3.8, 4) is 16.4 Å². The highest BCUT2D eigenvalue weighted by Gasteiger charge is 2.20. The highest BCUT2D eigenvalue weighted by atomic mass is 32.1. The standard InChI is InChI=1S/C25H24N4O3S/c1-18-9-11-19(12-10-18)13-14-22(30)26-15-16-32-25(31)23-27-24(21-8-5-17-33-21)29(28-23)20-6-3-2-4-7-20/h2-12,17H,13-16H2,1H3,(H,26,30). The van der Waals surface area contributed by atoms with Crippen molar-refractivity contribution in [3.05, 3.63) is 89.1 Å². The number of ether oxygens (including phenoxy) is 1. The summed E-state index contributed by atoms with van der Waals surface area (Å²) >= 11 is 1.52. The Morgan fingerprint density at radius 1 is 1.03 bits per heavy atom. The number of aryl methyl sites for hydroxylation is 2. The number of hydrogen-bond donors (Lipinski definition) is 1. The van der Waals surface area contributed by atoms with Crippen LogP contribution in [-0.4, -0.2) is 39.8 Å². The third-order valence-electron chi connectivity index (χ3n) is 4.95. The fraction of sp³-hybridized carbons (Fsp3) is 0.200. The molecule has 7 nitrogen and oxygen atoms in total. The van der Waals surface area contributed by atoms with Crippen LogP contribution < -0.4 is 5.32 Å². The van der Waals surface area contributed by atoms with Crippen molar-refractivity contribution in [1.82, 2.24) is 20.1 Å². The van der Waals surface area contributed by atoms with Gasteiger partial charge in [-0.2, -0.15) is 4.98 Å². The number of nitrogens with one attached hydrogen (secondary N) is 1. The maximum Gasteiger partial charge on any atom is 0.378 e. The summed E-state index contributed by atoms with van der Waals surface area (Å²) < 4.78 is 6.92. The highest BCUT2D eigenvalue weighted by molar-refractivity contribution is 7.13. The Bertz CT molecular complexity index is 1200. The second kappa shape index (κ2) is 10.7. The van der Waals surface area contributed by atoms with E-state index in [2.05, 4.69) is 15.4 Å². The minimum Gasteiger partial charge on any atom is -0.458 e.